The summed E-state index contributed by atoms with van der Waals surface area (Å²) in [6, 6.07) is 11.6. The minimum absolute atomic E-state index is 0. The van der Waals surface area contributed by atoms with Crippen LogP contribution < -0.4 is 16.4 Å². The Hall–Kier alpha value is -2.75. The number of imidazole rings is 1. The van der Waals surface area contributed by atoms with Crippen LogP contribution in [0.3, 0.4) is 0 Å². The van der Waals surface area contributed by atoms with E-state index in [-0.39, 0.29) is 24.3 Å². The second-order valence-corrected chi connectivity index (χ2v) is 10.4. The molecule has 186 valence electrons. The number of nitrogens with zero attached hydrogens (tertiary/aromatic N) is 4. The van der Waals surface area contributed by atoms with Crippen LogP contribution in [0.5, 0.6) is 0 Å². The van der Waals surface area contributed by atoms with E-state index in [1.54, 1.807) is 23.5 Å². The number of hydrogen-bond acceptors (Lipinski definition) is 7. The lowest BCUT2D eigenvalue weighted by Crippen LogP contribution is -2.33. The molecule has 0 amide bonds. The Morgan fingerprint density at radius 2 is 1.94 bits per heavy atom. The smallest absolute Gasteiger partial charge is 0.227 e. The van der Waals surface area contributed by atoms with Gasteiger partial charge in [0, 0.05) is 27.9 Å². The van der Waals surface area contributed by atoms with E-state index in [9.17, 15) is 4.39 Å². The molecule has 3 aromatic heterocycles. The predicted octanol–water partition coefficient (Wildman–Crippen LogP) is 5.99. The molecule has 7 nitrogen and oxygen atoms in total. The molecular formula is C25H31ClFN7S. The van der Waals surface area contributed by atoms with E-state index < -0.39 is 0 Å². The van der Waals surface area contributed by atoms with Crippen LogP contribution in [0.4, 0.5) is 16.2 Å². The minimum Gasteiger partial charge on any atom is -0.363 e. The Bertz CT molecular complexity index is 1280. The van der Waals surface area contributed by atoms with Crippen LogP contribution in [-0.2, 0) is 6.54 Å². The molecule has 1 fully saturated rings. The van der Waals surface area contributed by atoms with E-state index in [4.69, 9.17) is 15.7 Å². The summed E-state index contributed by atoms with van der Waals surface area (Å²) in [6.45, 7) is 4.83. The summed E-state index contributed by atoms with van der Waals surface area (Å²) in [4.78, 5) is 16.4. The Balaban J connectivity index is 0.00000289. The van der Waals surface area contributed by atoms with Crippen molar-refractivity contribution in [2.75, 3.05) is 10.6 Å². The molecule has 3 heterocycles. The largest absolute Gasteiger partial charge is 0.363 e. The molecule has 1 aliphatic rings. The standard InChI is InChI=1S/C25H30FN7S.ClH/c1-15(2)33-14-29-22-23(31-25(32-24(22)33)30-19-8-6-18(27)7-9-19)28-13-20-10-11-21(34-20)16-4-3-5-17(26)12-16;/h3-5,10-12,14-15,18-19H,6-9,13,27H2,1-2H3,(H2,28,30,31,32);1H. The van der Waals surface area contributed by atoms with Crippen LogP contribution >= 0.6 is 23.7 Å². The molecule has 4 N–H and O–H groups in total. The number of benzene rings is 1. The first-order valence-corrected chi connectivity index (χ1v) is 12.6. The average Bonchev–Trinajstić information content (AvgIpc) is 3.46. The number of aromatic nitrogens is 4. The van der Waals surface area contributed by atoms with Crippen molar-refractivity contribution in [2.24, 2.45) is 5.73 Å². The summed E-state index contributed by atoms with van der Waals surface area (Å²) < 4.78 is 15.7. The lowest BCUT2D eigenvalue weighted by Gasteiger charge is -2.27. The van der Waals surface area contributed by atoms with Gasteiger partial charge in [0.25, 0.3) is 0 Å². The monoisotopic (exact) mass is 515 g/mol. The number of hydrogen-bond donors (Lipinski definition) is 3. The molecule has 35 heavy (non-hydrogen) atoms. The van der Waals surface area contributed by atoms with E-state index in [0.717, 1.165) is 52.2 Å². The number of halogens is 2. The molecule has 1 aliphatic carbocycles. The number of thiophene rings is 1. The summed E-state index contributed by atoms with van der Waals surface area (Å²) in [5.74, 6) is 1.10. The van der Waals surface area contributed by atoms with E-state index >= 15 is 0 Å². The SMILES string of the molecule is CC(C)n1cnc2c(NCc3ccc(-c4cccc(F)c4)s3)nc(NC3CCC(N)CC3)nc21.Cl. The molecule has 1 saturated carbocycles. The fourth-order valence-corrected chi connectivity index (χ4v) is 5.31. The molecule has 0 bridgehead atoms. The van der Waals surface area contributed by atoms with E-state index in [1.165, 1.54) is 6.07 Å². The Morgan fingerprint density at radius 3 is 2.69 bits per heavy atom. The minimum atomic E-state index is -0.227. The van der Waals surface area contributed by atoms with Gasteiger partial charge in [0.2, 0.25) is 5.95 Å². The van der Waals surface area contributed by atoms with Crippen molar-refractivity contribution in [1.29, 1.82) is 0 Å². The zero-order valence-corrected chi connectivity index (χ0v) is 21.5. The lowest BCUT2D eigenvalue weighted by atomic mass is 9.92. The van der Waals surface area contributed by atoms with Crippen LogP contribution in [0.1, 0.15) is 50.4 Å². The van der Waals surface area contributed by atoms with Gasteiger partial charge in [-0.25, -0.2) is 9.37 Å². The topological polar surface area (TPSA) is 93.7 Å². The highest BCUT2D eigenvalue weighted by atomic mass is 35.5. The highest BCUT2D eigenvalue weighted by molar-refractivity contribution is 7.15. The van der Waals surface area contributed by atoms with Crippen molar-refractivity contribution in [3.63, 3.8) is 0 Å². The van der Waals surface area contributed by atoms with Gasteiger partial charge in [0.05, 0.1) is 12.9 Å². The maximum absolute atomic E-state index is 13.6. The third-order valence-corrected chi connectivity index (χ3v) is 7.42. The number of anilines is 2. The van der Waals surface area contributed by atoms with Crippen molar-refractivity contribution in [2.45, 2.75) is 64.2 Å². The van der Waals surface area contributed by atoms with Gasteiger partial charge < -0.3 is 20.9 Å². The predicted molar refractivity (Wildman–Crippen MR) is 144 cm³/mol. The summed E-state index contributed by atoms with van der Waals surface area (Å²) >= 11 is 1.64. The fraction of sp³-hybridized carbons (Fsp3) is 0.400. The molecule has 0 atom stereocenters. The Morgan fingerprint density at radius 1 is 1.14 bits per heavy atom. The van der Waals surface area contributed by atoms with Gasteiger partial charge in [-0.05, 0) is 69.4 Å². The molecule has 0 aliphatic heterocycles. The summed E-state index contributed by atoms with van der Waals surface area (Å²) in [7, 11) is 0. The van der Waals surface area contributed by atoms with Crippen molar-refractivity contribution in [3.05, 3.63) is 53.4 Å². The molecule has 4 aromatic rings. The molecule has 5 rings (SSSR count). The first kappa shape index (κ1) is 25.3. The molecule has 0 spiro atoms. The summed E-state index contributed by atoms with van der Waals surface area (Å²) in [5.41, 5.74) is 8.53. The molecule has 1 aromatic carbocycles. The second kappa shape index (κ2) is 10.9. The molecule has 0 saturated heterocycles. The normalized spacial score (nSPS) is 18.0. The third kappa shape index (κ3) is 5.74. The maximum Gasteiger partial charge on any atom is 0.227 e. The Kier molecular flexibility index (Phi) is 7.88. The van der Waals surface area contributed by atoms with Crippen LogP contribution in [0, 0.1) is 5.82 Å². The summed E-state index contributed by atoms with van der Waals surface area (Å²) in [5, 5.41) is 6.99. The number of nitrogens with one attached hydrogen (secondary N) is 2. The number of rotatable bonds is 7. The van der Waals surface area contributed by atoms with Crippen LogP contribution in [0.15, 0.2) is 42.7 Å². The van der Waals surface area contributed by atoms with Gasteiger partial charge in [-0.2, -0.15) is 9.97 Å². The zero-order chi connectivity index (χ0) is 23.7. The van der Waals surface area contributed by atoms with Gasteiger partial charge in [0.1, 0.15) is 5.82 Å². The quantitative estimate of drug-likeness (QED) is 0.280. The van der Waals surface area contributed by atoms with Crippen LogP contribution in [0.25, 0.3) is 21.6 Å². The molecule has 0 radical (unpaired) electrons. The highest BCUT2D eigenvalue weighted by Crippen LogP contribution is 2.30. The van der Waals surface area contributed by atoms with E-state index in [2.05, 4.69) is 40.1 Å². The van der Waals surface area contributed by atoms with Crippen molar-refractivity contribution in [3.8, 4) is 10.4 Å². The third-order valence-electron chi connectivity index (χ3n) is 6.28. The first-order chi connectivity index (χ1) is 16.5. The number of nitrogens with two attached hydrogens (primary N) is 1. The second-order valence-electron chi connectivity index (χ2n) is 9.20. The van der Waals surface area contributed by atoms with Crippen molar-refractivity contribution >= 4 is 46.7 Å². The lowest BCUT2D eigenvalue weighted by molar-refractivity contribution is 0.410. The average molecular weight is 516 g/mol. The van der Waals surface area contributed by atoms with E-state index in [1.807, 2.05) is 18.5 Å². The van der Waals surface area contributed by atoms with Crippen LogP contribution in [0.2, 0.25) is 0 Å². The zero-order valence-electron chi connectivity index (χ0n) is 19.9. The number of fused-ring (bicyclic) bond motifs is 1. The van der Waals surface area contributed by atoms with Gasteiger partial charge in [0.15, 0.2) is 17.0 Å². The highest BCUT2D eigenvalue weighted by Gasteiger charge is 2.21. The molecular weight excluding hydrogens is 485 g/mol. The maximum atomic E-state index is 13.6. The molecule has 0 unspecified atom stereocenters. The van der Waals surface area contributed by atoms with Gasteiger partial charge >= 0.3 is 0 Å². The van der Waals surface area contributed by atoms with Crippen molar-refractivity contribution in [1.82, 2.24) is 19.5 Å². The van der Waals surface area contributed by atoms with Crippen LogP contribution in [-0.4, -0.2) is 31.6 Å². The summed E-state index contributed by atoms with van der Waals surface area (Å²) in [6.07, 6.45) is 5.90. The first-order valence-electron chi connectivity index (χ1n) is 11.8. The van der Waals surface area contributed by atoms with Gasteiger partial charge in [-0.1, -0.05) is 12.1 Å². The Labute approximate surface area is 214 Å². The molecule has 10 heteroatoms. The van der Waals surface area contributed by atoms with Gasteiger partial charge in [-0.3, -0.25) is 0 Å². The fourth-order valence-electron chi connectivity index (χ4n) is 4.37. The van der Waals surface area contributed by atoms with Crippen molar-refractivity contribution < 1.29 is 4.39 Å². The van der Waals surface area contributed by atoms with Gasteiger partial charge in [-0.15, -0.1) is 23.7 Å². The van der Waals surface area contributed by atoms with E-state index in [0.29, 0.717) is 30.4 Å².